The third-order valence-electron chi connectivity index (χ3n) is 3.78. The van der Waals surface area contributed by atoms with E-state index in [1.807, 2.05) is 95.4 Å². The number of hydrogen-bond donors (Lipinski definition) is 2. The maximum atomic E-state index is 9.82. The second kappa shape index (κ2) is 9.82. The first-order valence-corrected chi connectivity index (χ1v) is 9.40. The maximum Gasteiger partial charge on any atom is 0.0686 e. The molecule has 3 aromatic carbocycles. The number of hydrogen-bond acceptors (Lipinski definition) is 4. The second-order valence-electron chi connectivity index (χ2n) is 5.68. The molecular weight excluding hydrogens is 340 g/mol. The van der Waals surface area contributed by atoms with Crippen LogP contribution in [0.25, 0.3) is 0 Å². The highest BCUT2D eigenvalue weighted by Gasteiger charge is 2.12. The third kappa shape index (κ3) is 5.23. The molecule has 26 heavy (non-hydrogen) atoms. The van der Waals surface area contributed by atoms with Crippen LogP contribution in [0, 0.1) is 0 Å². The van der Waals surface area contributed by atoms with Gasteiger partial charge >= 0.3 is 0 Å². The molecule has 0 spiro atoms. The quantitative estimate of drug-likeness (QED) is 0.437. The van der Waals surface area contributed by atoms with Gasteiger partial charge in [0.1, 0.15) is 0 Å². The Morgan fingerprint density at radius 2 is 1.31 bits per heavy atom. The van der Waals surface area contributed by atoms with Crippen molar-refractivity contribution >= 4 is 23.1 Å². The monoisotopic (exact) mass is 362 g/mol. The van der Waals surface area contributed by atoms with Gasteiger partial charge in [-0.1, -0.05) is 72.4 Å². The lowest BCUT2D eigenvalue weighted by Gasteiger charge is -2.29. The molecule has 0 heterocycles. The van der Waals surface area contributed by atoms with Crippen molar-refractivity contribution in [2.24, 2.45) is 0 Å². The van der Waals surface area contributed by atoms with Gasteiger partial charge in [-0.2, -0.15) is 0 Å². The highest BCUT2D eigenvalue weighted by Crippen LogP contribution is 2.23. The Hall–Kier alpha value is -2.53. The lowest BCUT2D eigenvalue weighted by Crippen LogP contribution is -2.42. The molecular formula is C22H22N2OS. The average Bonchev–Trinajstić information content (AvgIpc) is 2.72. The highest BCUT2D eigenvalue weighted by molar-refractivity contribution is 8.02. The predicted molar refractivity (Wildman–Crippen MR) is 110 cm³/mol. The largest absolute Gasteiger partial charge is 0.394 e. The number of thioether (sulfide) groups is 1. The van der Waals surface area contributed by atoms with Gasteiger partial charge in [-0.25, -0.2) is 5.43 Å². The fourth-order valence-electron chi connectivity index (χ4n) is 2.47. The van der Waals surface area contributed by atoms with Crippen molar-refractivity contribution < 1.29 is 5.11 Å². The van der Waals surface area contributed by atoms with Gasteiger partial charge in [0.2, 0.25) is 0 Å². The summed E-state index contributed by atoms with van der Waals surface area (Å²) in [6.07, 6.45) is 1.98. The van der Waals surface area contributed by atoms with E-state index in [4.69, 9.17) is 0 Å². The zero-order valence-electron chi connectivity index (χ0n) is 14.4. The van der Waals surface area contributed by atoms with Crippen LogP contribution >= 0.6 is 11.8 Å². The van der Waals surface area contributed by atoms with Gasteiger partial charge in [-0.05, 0) is 41.8 Å². The van der Waals surface area contributed by atoms with Crippen molar-refractivity contribution in [2.75, 3.05) is 11.6 Å². The van der Waals surface area contributed by atoms with Crippen LogP contribution in [0.1, 0.15) is 0 Å². The van der Waals surface area contributed by atoms with Crippen LogP contribution in [-0.4, -0.2) is 17.8 Å². The summed E-state index contributed by atoms with van der Waals surface area (Å²) in [4.78, 5) is 1.17. The van der Waals surface area contributed by atoms with Crippen molar-refractivity contribution in [3.63, 3.8) is 0 Å². The van der Waals surface area contributed by atoms with E-state index >= 15 is 0 Å². The van der Waals surface area contributed by atoms with Gasteiger partial charge in [0.05, 0.1) is 24.0 Å². The van der Waals surface area contributed by atoms with Crippen LogP contribution in [0.5, 0.6) is 0 Å². The minimum atomic E-state index is -0.202. The molecule has 0 aromatic heterocycles. The van der Waals surface area contributed by atoms with Crippen LogP contribution < -0.4 is 10.4 Å². The van der Waals surface area contributed by atoms with E-state index in [1.54, 1.807) is 11.8 Å². The normalized spacial score (nSPS) is 12.2. The number of hydrazine groups is 1. The van der Waals surface area contributed by atoms with E-state index in [0.29, 0.717) is 0 Å². The van der Waals surface area contributed by atoms with Gasteiger partial charge < -0.3 is 5.11 Å². The molecule has 0 saturated heterocycles. The number of aliphatic hydroxyl groups excluding tert-OH is 1. The third-order valence-corrected chi connectivity index (χ3v) is 4.62. The molecule has 132 valence electrons. The summed E-state index contributed by atoms with van der Waals surface area (Å²) in [7, 11) is 0. The van der Waals surface area contributed by atoms with Gasteiger partial charge in [-0.15, -0.1) is 0 Å². The van der Waals surface area contributed by atoms with Crippen molar-refractivity contribution in [1.82, 2.24) is 5.43 Å². The Morgan fingerprint density at radius 1 is 0.808 bits per heavy atom. The summed E-state index contributed by atoms with van der Waals surface area (Å²) < 4.78 is 0. The van der Waals surface area contributed by atoms with Crippen LogP contribution in [0.15, 0.2) is 107 Å². The summed E-state index contributed by atoms with van der Waals surface area (Å²) in [5, 5.41) is 13.8. The minimum absolute atomic E-state index is 0.00200. The van der Waals surface area contributed by atoms with Gasteiger partial charge in [-0.3, -0.25) is 5.01 Å². The van der Waals surface area contributed by atoms with E-state index in [2.05, 4.69) is 17.6 Å². The first kappa shape index (κ1) is 18.3. The van der Waals surface area contributed by atoms with Crippen LogP contribution in [0.3, 0.4) is 0 Å². The summed E-state index contributed by atoms with van der Waals surface area (Å²) >= 11 is 1.63. The van der Waals surface area contributed by atoms with Crippen molar-refractivity contribution in [3.8, 4) is 0 Å². The number of rotatable bonds is 8. The summed E-state index contributed by atoms with van der Waals surface area (Å²) in [5.41, 5.74) is 5.44. The zero-order valence-corrected chi connectivity index (χ0v) is 15.2. The molecule has 2 N–H and O–H groups in total. The molecule has 0 saturated carbocycles. The van der Waals surface area contributed by atoms with E-state index in [1.165, 1.54) is 4.90 Å². The van der Waals surface area contributed by atoms with Crippen molar-refractivity contribution in [1.29, 1.82) is 0 Å². The average molecular weight is 362 g/mol. The lowest BCUT2D eigenvalue weighted by molar-refractivity contribution is 0.265. The first-order valence-electron chi connectivity index (χ1n) is 8.52. The van der Waals surface area contributed by atoms with Crippen LogP contribution in [0.2, 0.25) is 0 Å². The topological polar surface area (TPSA) is 35.5 Å². The number of benzene rings is 3. The van der Waals surface area contributed by atoms with Gasteiger partial charge in [0.25, 0.3) is 0 Å². The fourth-order valence-corrected chi connectivity index (χ4v) is 3.21. The summed E-state index contributed by atoms with van der Waals surface area (Å²) in [5.74, 6) is 0. The Morgan fingerprint density at radius 3 is 1.81 bits per heavy atom. The van der Waals surface area contributed by atoms with E-state index in [-0.39, 0.29) is 12.6 Å². The number of anilines is 2. The number of para-hydroxylation sites is 2. The van der Waals surface area contributed by atoms with Crippen molar-refractivity contribution in [2.45, 2.75) is 10.9 Å². The van der Waals surface area contributed by atoms with Gasteiger partial charge in [0.15, 0.2) is 0 Å². The number of nitrogens with one attached hydrogen (secondary N) is 1. The molecule has 3 rings (SSSR count). The first-order chi connectivity index (χ1) is 12.9. The lowest BCUT2D eigenvalue weighted by atomic mass is 10.2. The number of aliphatic hydroxyl groups is 1. The molecule has 3 nitrogen and oxygen atoms in total. The Balaban J connectivity index is 1.74. The molecule has 4 heteroatoms. The molecule has 0 aliphatic heterocycles. The SMILES string of the molecule is OC[C@@H](/C=C/Sc1ccccc1)NN(c1ccccc1)c1ccccc1. The zero-order chi connectivity index (χ0) is 18.0. The Labute approximate surface area is 159 Å². The van der Waals surface area contributed by atoms with Crippen molar-refractivity contribution in [3.05, 3.63) is 102 Å². The Bertz CT molecular complexity index is 755. The smallest absolute Gasteiger partial charge is 0.0686 e. The second-order valence-corrected chi connectivity index (χ2v) is 6.66. The molecule has 0 unspecified atom stereocenters. The highest BCUT2D eigenvalue weighted by atomic mass is 32.2. The summed E-state index contributed by atoms with van der Waals surface area (Å²) in [6, 6.07) is 30.1. The van der Waals surface area contributed by atoms with Crippen LogP contribution in [-0.2, 0) is 0 Å². The van der Waals surface area contributed by atoms with Gasteiger partial charge in [0, 0.05) is 4.90 Å². The molecule has 0 amide bonds. The molecule has 0 aliphatic rings. The fraction of sp³-hybridized carbons (Fsp3) is 0.0909. The van der Waals surface area contributed by atoms with E-state index in [9.17, 15) is 5.11 Å². The van der Waals surface area contributed by atoms with Crippen LogP contribution in [0.4, 0.5) is 11.4 Å². The minimum Gasteiger partial charge on any atom is -0.394 e. The standard InChI is InChI=1S/C22H22N2OS/c25-18-19(16-17-26-22-14-8-3-9-15-22)23-24(20-10-4-1-5-11-20)21-12-6-2-7-13-21/h1-17,19,23,25H,18H2/b17-16+/t19-/m1/s1. The molecule has 1 atom stereocenters. The molecule has 0 radical (unpaired) electrons. The number of nitrogens with zero attached hydrogens (tertiary/aromatic N) is 1. The molecule has 3 aromatic rings. The maximum absolute atomic E-state index is 9.82. The molecule has 0 aliphatic carbocycles. The summed E-state index contributed by atoms with van der Waals surface area (Å²) in [6.45, 7) is 0.00200. The Kier molecular flexibility index (Phi) is 6.90. The molecule has 0 fully saturated rings. The predicted octanol–water partition coefficient (Wildman–Crippen LogP) is 5.00. The molecule has 0 bridgehead atoms. The van der Waals surface area contributed by atoms with E-state index < -0.39 is 0 Å². The van der Waals surface area contributed by atoms with E-state index in [0.717, 1.165) is 11.4 Å².